The van der Waals surface area contributed by atoms with Crippen LogP contribution < -0.4 is 4.74 Å². The lowest BCUT2D eigenvalue weighted by molar-refractivity contribution is -0.139. The van der Waals surface area contributed by atoms with E-state index in [-0.39, 0.29) is 29.2 Å². The Bertz CT molecular complexity index is 1130. The number of hydrogen-bond acceptors (Lipinski definition) is 6. The molecule has 3 rings (SSSR count). The molecule has 0 spiro atoms. The summed E-state index contributed by atoms with van der Waals surface area (Å²) in [5, 5.41) is 21.3. The molecule has 1 amide bonds. The number of likely N-dealkylation sites (tertiary alicyclic amines) is 1. The molecule has 176 valence electrons. The van der Waals surface area contributed by atoms with Gasteiger partial charge in [-0.25, -0.2) is 4.39 Å². The Balaban J connectivity index is 2.19. The number of nitrogens with zero attached hydrogens (tertiary/aromatic N) is 2. The maximum absolute atomic E-state index is 14.2. The summed E-state index contributed by atoms with van der Waals surface area (Å²) in [6.07, 6.45) is 0.589. The maximum Gasteiger partial charge on any atom is 0.295 e. The van der Waals surface area contributed by atoms with Gasteiger partial charge in [-0.2, -0.15) is 0 Å². The Kier molecular flexibility index (Phi) is 7.44. The fourth-order valence-electron chi connectivity index (χ4n) is 3.82. The lowest BCUT2D eigenvalue weighted by Gasteiger charge is -2.26. The maximum atomic E-state index is 14.2. The molecule has 1 atom stereocenters. The van der Waals surface area contributed by atoms with Crippen LogP contribution in [0.2, 0.25) is 0 Å². The van der Waals surface area contributed by atoms with E-state index in [0.717, 1.165) is 6.07 Å². The SMILES string of the molecule is COc1cc([C@@H]2C(=C(O)c3ccc(C)c(F)c3)C(=O)C(=O)N2CCCN(C)C)cc(Br)c1O. The summed E-state index contributed by atoms with van der Waals surface area (Å²) in [4.78, 5) is 29.4. The first kappa shape index (κ1) is 24.7. The Morgan fingerprint density at radius 2 is 1.94 bits per heavy atom. The van der Waals surface area contributed by atoms with Gasteiger partial charge in [-0.15, -0.1) is 0 Å². The van der Waals surface area contributed by atoms with Gasteiger partial charge in [0.1, 0.15) is 11.6 Å². The minimum absolute atomic E-state index is 0.0965. The number of aliphatic hydroxyl groups is 1. The molecule has 1 fully saturated rings. The number of aryl methyl sites for hydroxylation is 1. The van der Waals surface area contributed by atoms with Gasteiger partial charge in [-0.1, -0.05) is 12.1 Å². The Morgan fingerprint density at radius 1 is 1.24 bits per heavy atom. The summed E-state index contributed by atoms with van der Waals surface area (Å²) in [5.74, 6) is -2.60. The number of benzene rings is 2. The molecule has 2 aromatic carbocycles. The van der Waals surface area contributed by atoms with Crippen molar-refractivity contribution < 1.29 is 28.9 Å². The fourth-order valence-corrected chi connectivity index (χ4v) is 4.28. The summed E-state index contributed by atoms with van der Waals surface area (Å²) in [6, 6.07) is 6.26. The topological polar surface area (TPSA) is 90.3 Å². The molecule has 0 aliphatic carbocycles. The van der Waals surface area contributed by atoms with Crippen LogP contribution in [-0.4, -0.2) is 66.0 Å². The van der Waals surface area contributed by atoms with Crippen molar-refractivity contribution >= 4 is 33.4 Å². The van der Waals surface area contributed by atoms with E-state index in [1.54, 1.807) is 13.0 Å². The second-order valence-corrected chi connectivity index (χ2v) is 9.02. The molecule has 1 aliphatic heterocycles. The van der Waals surface area contributed by atoms with Gasteiger partial charge >= 0.3 is 0 Å². The number of hydrogen-bond donors (Lipinski definition) is 2. The number of amides is 1. The zero-order chi connectivity index (χ0) is 24.4. The van der Waals surface area contributed by atoms with E-state index < -0.39 is 29.3 Å². The highest BCUT2D eigenvalue weighted by molar-refractivity contribution is 9.10. The van der Waals surface area contributed by atoms with Gasteiger partial charge in [-0.05, 0) is 79.2 Å². The molecule has 9 heteroatoms. The number of phenols is 1. The Labute approximate surface area is 200 Å². The van der Waals surface area contributed by atoms with Crippen molar-refractivity contribution in [3.05, 3.63) is 62.9 Å². The largest absolute Gasteiger partial charge is 0.507 e. The van der Waals surface area contributed by atoms with Crippen LogP contribution >= 0.6 is 15.9 Å². The van der Waals surface area contributed by atoms with Crippen LogP contribution in [-0.2, 0) is 9.59 Å². The molecule has 33 heavy (non-hydrogen) atoms. The number of rotatable bonds is 7. The zero-order valence-electron chi connectivity index (χ0n) is 18.9. The second kappa shape index (κ2) is 9.93. The van der Waals surface area contributed by atoms with Gasteiger partial charge in [0, 0.05) is 12.1 Å². The van der Waals surface area contributed by atoms with E-state index in [1.807, 2.05) is 19.0 Å². The standard InChI is InChI=1S/C24H26BrFN2O5/c1-13-6-7-14(11-17(13)26)21(29)19-20(15-10-16(25)22(30)18(12-15)33-4)28(24(32)23(19)31)9-5-8-27(2)3/h6-7,10-12,20,29-30H,5,8-9H2,1-4H3/t20-/m1/s1. The number of Topliss-reactive ketones (excluding diaryl/α,β-unsaturated/α-hetero) is 1. The minimum atomic E-state index is -0.942. The van der Waals surface area contributed by atoms with Gasteiger partial charge < -0.3 is 24.7 Å². The van der Waals surface area contributed by atoms with Crippen molar-refractivity contribution in [2.75, 3.05) is 34.3 Å². The number of methoxy groups -OCH3 is 1. The van der Waals surface area contributed by atoms with E-state index in [1.165, 1.54) is 30.2 Å². The normalized spacial score (nSPS) is 17.8. The summed E-state index contributed by atoms with van der Waals surface area (Å²) >= 11 is 3.27. The number of halogens is 2. The van der Waals surface area contributed by atoms with Crippen LogP contribution in [0, 0.1) is 12.7 Å². The molecular weight excluding hydrogens is 495 g/mol. The quantitative estimate of drug-likeness (QED) is 0.326. The van der Waals surface area contributed by atoms with Crippen LogP contribution in [0.15, 0.2) is 40.4 Å². The fraction of sp³-hybridized carbons (Fsp3) is 0.333. The van der Waals surface area contributed by atoms with Crippen LogP contribution in [0.5, 0.6) is 11.5 Å². The summed E-state index contributed by atoms with van der Waals surface area (Å²) in [7, 11) is 5.19. The molecule has 0 saturated carbocycles. The summed E-state index contributed by atoms with van der Waals surface area (Å²) < 4.78 is 19.7. The van der Waals surface area contributed by atoms with Gasteiger partial charge in [-0.3, -0.25) is 9.59 Å². The second-order valence-electron chi connectivity index (χ2n) is 8.17. The third kappa shape index (κ3) is 4.89. The number of phenolic OH excluding ortho intramolecular Hbond substituents is 1. The van der Waals surface area contributed by atoms with Crippen LogP contribution in [0.3, 0.4) is 0 Å². The average molecular weight is 521 g/mol. The lowest BCUT2D eigenvalue weighted by atomic mass is 9.94. The molecule has 1 heterocycles. The smallest absolute Gasteiger partial charge is 0.295 e. The predicted molar refractivity (Wildman–Crippen MR) is 126 cm³/mol. The molecule has 0 bridgehead atoms. The van der Waals surface area contributed by atoms with Crippen molar-refractivity contribution in [3.63, 3.8) is 0 Å². The Morgan fingerprint density at radius 3 is 2.55 bits per heavy atom. The predicted octanol–water partition coefficient (Wildman–Crippen LogP) is 3.98. The van der Waals surface area contributed by atoms with Gasteiger partial charge in [0.05, 0.1) is 23.2 Å². The minimum Gasteiger partial charge on any atom is -0.507 e. The van der Waals surface area contributed by atoms with Gasteiger partial charge in [0.15, 0.2) is 11.5 Å². The number of carbonyl (C=O) groups is 2. The molecular formula is C24H26BrFN2O5. The van der Waals surface area contributed by atoms with Crippen LogP contribution in [0.1, 0.15) is 29.2 Å². The molecule has 0 radical (unpaired) electrons. The molecule has 0 unspecified atom stereocenters. The highest BCUT2D eigenvalue weighted by Gasteiger charge is 2.46. The molecule has 7 nitrogen and oxygen atoms in total. The van der Waals surface area contributed by atoms with Crippen molar-refractivity contribution in [1.29, 1.82) is 0 Å². The molecule has 2 aromatic rings. The summed E-state index contributed by atoms with van der Waals surface area (Å²) in [5.41, 5.74) is 0.793. The summed E-state index contributed by atoms with van der Waals surface area (Å²) in [6.45, 7) is 2.53. The number of ketones is 1. The van der Waals surface area contributed by atoms with E-state index in [9.17, 15) is 24.2 Å². The van der Waals surface area contributed by atoms with E-state index in [4.69, 9.17) is 4.74 Å². The van der Waals surface area contributed by atoms with Crippen molar-refractivity contribution in [1.82, 2.24) is 9.80 Å². The van der Waals surface area contributed by atoms with Crippen molar-refractivity contribution in [2.24, 2.45) is 0 Å². The number of ether oxygens (including phenoxy) is 1. The van der Waals surface area contributed by atoms with Gasteiger partial charge in [0.2, 0.25) is 0 Å². The highest BCUT2D eigenvalue weighted by atomic mass is 79.9. The number of aliphatic hydroxyl groups excluding tert-OH is 1. The Hall–Kier alpha value is -2.91. The molecule has 1 aliphatic rings. The van der Waals surface area contributed by atoms with Crippen molar-refractivity contribution in [2.45, 2.75) is 19.4 Å². The van der Waals surface area contributed by atoms with Crippen LogP contribution in [0.4, 0.5) is 4.39 Å². The highest BCUT2D eigenvalue weighted by Crippen LogP contribution is 2.44. The first-order valence-corrected chi connectivity index (χ1v) is 11.1. The first-order valence-electron chi connectivity index (χ1n) is 10.3. The van der Waals surface area contributed by atoms with Gasteiger partial charge in [0.25, 0.3) is 11.7 Å². The van der Waals surface area contributed by atoms with E-state index in [0.29, 0.717) is 28.6 Å². The zero-order valence-corrected chi connectivity index (χ0v) is 20.4. The first-order chi connectivity index (χ1) is 15.6. The van der Waals surface area contributed by atoms with E-state index >= 15 is 0 Å². The van der Waals surface area contributed by atoms with Crippen LogP contribution in [0.25, 0.3) is 5.76 Å². The molecule has 1 saturated heterocycles. The number of aromatic hydroxyl groups is 1. The lowest BCUT2D eigenvalue weighted by Crippen LogP contribution is -2.32. The third-order valence-corrected chi connectivity index (χ3v) is 6.18. The molecule has 0 aromatic heterocycles. The average Bonchev–Trinajstić information content (AvgIpc) is 3.01. The van der Waals surface area contributed by atoms with Crippen molar-refractivity contribution in [3.8, 4) is 11.5 Å². The monoisotopic (exact) mass is 520 g/mol. The number of carbonyl (C=O) groups excluding carboxylic acids is 2. The third-order valence-electron chi connectivity index (χ3n) is 5.58. The molecule has 2 N–H and O–H groups in total. The van der Waals surface area contributed by atoms with E-state index in [2.05, 4.69) is 15.9 Å².